The third kappa shape index (κ3) is 4.83. The smallest absolute Gasteiger partial charge is 0.127 e. The molecule has 0 amide bonds. The van der Waals surface area contributed by atoms with Gasteiger partial charge in [0.1, 0.15) is 11.5 Å². The molecule has 2 aromatic heterocycles. The zero-order valence-corrected chi connectivity index (χ0v) is 21.6. The minimum atomic E-state index is 0.776. The molecular formula is C36H28N2O. The lowest BCUT2D eigenvalue weighted by molar-refractivity contribution is 0.482. The van der Waals surface area contributed by atoms with Crippen molar-refractivity contribution in [1.29, 1.82) is 0 Å². The van der Waals surface area contributed by atoms with Gasteiger partial charge in [0.15, 0.2) is 0 Å². The van der Waals surface area contributed by atoms with Crippen LogP contribution < -0.4 is 4.74 Å². The minimum absolute atomic E-state index is 0.776. The predicted octanol–water partition coefficient (Wildman–Crippen LogP) is 9.15. The molecule has 0 unspecified atom stereocenters. The second kappa shape index (κ2) is 10.0. The normalized spacial score (nSPS) is 11.3. The topological polar surface area (TPSA) is 19.1 Å². The molecule has 0 atom stereocenters. The van der Waals surface area contributed by atoms with E-state index in [0.717, 1.165) is 24.6 Å². The Morgan fingerprint density at radius 2 is 0.974 bits per heavy atom. The summed E-state index contributed by atoms with van der Waals surface area (Å²) in [5.41, 5.74) is 7.43. The van der Waals surface area contributed by atoms with E-state index < -0.39 is 0 Å². The molecule has 7 rings (SSSR count). The second-order valence-corrected chi connectivity index (χ2v) is 9.98. The maximum absolute atomic E-state index is 6.07. The van der Waals surface area contributed by atoms with Crippen LogP contribution in [-0.2, 0) is 13.1 Å². The first-order valence-electron chi connectivity index (χ1n) is 13.3. The van der Waals surface area contributed by atoms with Gasteiger partial charge in [-0.15, -0.1) is 0 Å². The lowest BCUT2D eigenvalue weighted by atomic mass is 10.0. The highest BCUT2D eigenvalue weighted by Crippen LogP contribution is 2.30. The van der Waals surface area contributed by atoms with Crippen LogP contribution in [0.3, 0.4) is 0 Å². The van der Waals surface area contributed by atoms with Crippen molar-refractivity contribution < 1.29 is 4.74 Å². The molecule has 0 bridgehead atoms. The zero-order valence-electron chi connectivity index (χ0n) is 21.6. The summed E-state index contributed by atoms with van der Waals surface area (Å²) in [4.78, 5) is 0. The number of hydrogen-bond donors (Lipinski definition) is 0. The first kappa shape index (κ1) is 23.1. The Bertz CT molecular complexity index is 1880. The van der Waals surface area contributed by atoms with Crippen molar-refractivity contribution in [1.82, 2.24) is 9.13 Å². The molecule has 0 aliphatic heterocycles. The molecule has 5 aromatic carbocycles. The zero-order chi connectivity index (χ0) is 26.0. The average Bonchev–Trinajstić information content (AvgIpc) is 3.57. The highest BCUT2D eigenvalue weighted by Gasteiger charge is 2.09. The van der Waals surface area contributed by atoms with Gasteiger partial charge in [-0.1, -0.05) is 84.9 Å². The van der Waals surface area contributed by atoms with E-state index in [4.69, 9.17) is 4.74 Å². The summed E-state index contributed by atoms with van der Waals surface area (Å²) in [7, 11) is 0. The van der Waals surface area contributed by atoms with Gasteiger partial charge < -0.3 is 13.9 Å². The molecule has 0 aliphatic rings. The van der Waals surface area contributed by atoms with E-state index in [0.29, 0.717) is 0 Å². The average molecular weight is 505 g/mol. The summed E-state index contributed by atoms with van der Waals surface area (Å²) in [6.07, 6.45) is 4.36. The summed E-state index contributed by atoms with van der Waals surface area (Å²) >= 11 is 0. The maximum Gasteiger partial charge on any atom is 0.127 e. The van der Waals surface area contributed by atoms with Crippen LogP contribution in [0.4, 0.5) is 0 Å². The molecule has 39 heavy (non-hydrogen) atoms. The fourth-order valence-electron chi connectivity index (χ4n) is 5.31. The van der Waals surface area contributed by atoms with Crippen LogP contribution in [-0.4, -0.2) is 9.13 Å². The van der Waals surface area contributed by atoms with Gasteiger partial charge in [-0.25, -0.2) is 0 Å². The van der Waals surface area contributed by atoms with E-state index in [1.165, 1.54) is 44.1 Å². The number of aromatic nitrogens is 2. The van der Waals surface area contributed by atoms with Crippen LogP contribution in [0, 0.1) is 0 Å². The summed E-state index contributed by atoms with van der Waals surface area (Å²) < 4.78 is 10.7. The van der Waals surface area contributed by atoms with Gasteiger partial charge in [-0.3, -0.25) is 0 Å². The van der Waals surface area contributed by atoms with Crippen LogP contribution in [0.15, 0.2) is 146 Å². The number of hydrogen-bond acceptors (Lipinski definition) is 1. The van der Waals surface area contributed by atoms with E-state index in [9.17, 15) is 0 Å². The largest absolute Gasteiger partial charge is 0.457 e. The fraction of sp³-hybridized carbons (Fsp3) is 0.0556. The van der Waals surface area contributed by atoms with Crippen LogP contribution in [0.25, 0.3) is 32.9 Å². The van der Waals surface area contributed by atoms with Crippen LogP contribution >= 0.6 is 0 Å². The monoisotopic (exact) mass is 504 g/mol. The fourth-order valence-corrected chi connectivity index (χ4v) is 5.31. The first-order chi connectivity index (χ1) is 19.3. The number of rotatable bonds is 7. The molecule has 188 valence electrons. The Morgan fingerprint density at radius 1 is 0.436 bits per heavy atom. The Morgan fingerprint density at radius 3 is 1.62 bits per heavy atom. The maximum atomic E-state index is 6.07. The Kier molecular flexibility index (Phi) is 5.95. The van der Waals surface area contributed by atoms with E-state index >= 15 is 0 Å². The van der Waals surface area contributed by atoms with Gasteiger partial charge in [0.25, 0.3) is 0 Å². The summed E-state index contributed by atoms with van der Waals surface area (Å²) in [6, 6.07) is 46.8. The molecule has 0 aliphatic carbocycles. The molecule has 0 N–H and O–H groups in total. The molecule has 0 fully saturated rings. The lowest BCUT2D eigenvalue weighted by Crippen LogP contribution is -1.98. The molecule has 0 spiro atoms. The van der Waals surface area contributed by atoms with Crippen molar-refractivity contribution >= 4 is 21.8 Å². The highest BCUT2D eigenvalue weighted by molar-refractivity contribution is 5.89. The molecular weight excluding hydrogens is 476 g/mol. The van der Waals surface area contributed by atoms with E-state index in [2.05, 4.69) is 119 Å². The first-order valence-corrected chi connectivity index (χ1v) is 13.3. The van der Waals surface area contributed by atoms with Crippen molar-refractivity contribution in [2.45, 2.75) is 13.1 Å². The van der Waals surface area contributed by atoms with E-state index in [1.54, 1.807) is 0 Å². The quantitative estimate of drug-likeness (QED) is 0.212. The molecule has 3 nitrogen and oxygen atoms in total. The van der Waals surface area contributed by atoms with Gasteiger partial charge in [0.2, 0.25) is 0 Å². The summed E-state index contributed by atoms with van der Waals surface area (Å²) in [5, 5.41) is 2.50. The van der Waals surface area contributed by atoms with E-state index in [1.807, 2.05) is 36.4 Å². The highest BCUT2D eigenvalue weighted by atomic mass is 16.5. The van der Waals surface area contributed by atoms with Gasteiger partial charge in [0, 0.05) is 36.5 Å². The molecule has 0 saturated heterocycles. The number of nitrogens with zero attached hydrogens (tertiary/aromatic N) is 2. The number of ether oxygens (including phenoxy) is 1. The summed E-state index contributed by atoms with van der Waals surface area (Å²) in [5.74, 6) is 1.69. The molecule has 0 saturated carbocycles. The summed E-state index contributed by atoms with van der Waals surface area (Å²) in [6.45, 7) is 1.64. The molecule has 7 aromatic rings. The standard InChI is InChI=1S/C36H28N2O/c1-3-8-27(9-4-1)25-37-20-18-29-14-16-31(23-35(29)37)32-17-15-30-19-21-38(36(30)24-32)26-28-10-7-13-34(22-28)39-33-11-5-2-6-12-33/h1-24H,25-26H2. The predicted molar refractivity (Wildman–Crippen MR) is 160 cm³/mol. The van der Waals surface area contributed by atoms with Gasteiger partial charge in [-0.2, -0.15) is 0 Å². The Hall–Kier alpha value is -5.02. The molecule has 2 heterocycles. The van der Waals surface area contributed by atoms with E-state index in [-0.39, 0.29) is 0 Å². The Balaban J connectivity index is 1.18. The molecule has 3 heteroatoms. The van der Waals surface area contributed by atoms with Crippen molar-refractivity contribution in [2.75, 3.05) is 0 Å². The molecule has 0 radical (unpaired) electrons. The van der Waals surface area contributed by atoms with Gasteiger partial charge in [-0.05, 0) is 81.6 Å². The van der Waals surface area contributed by atoms with Crippen LogP contribution in [0.2, 0.25) is 0 Å². The second-order valence-electron chi connectivity index (χ2n) is 9.98. The number of benzene rings is 5. The lowest BCUT2D eigenvalue weighted by Gasteiger charge is -2.11. The Labute approximate surface area is 228 Å². The van der Waals surface area contributed by atoms with Crippen LogP contribution in [0.1, 0.15) is 11.1 Å². The van der Waals surface area contributed by atoms with Crippen molar-refractivity contribution in [2.24, 2.45) is 0 Å². The SMILES string of the molecule is c1ccc(Cn2ccc3ccc(-c4ccc5ccn(Cc6cccc(Oc7ccccc7)c6)c5c4)cc32)cc1. The van der Waals surface area contributed by atoms with Gasteiger partial charge >= 0.3 is 0 Å². The van der Waals surface area contributed by atoms with Crippen molar-refractivity contribution in [3.8, 4) is 22.6 Å². The number of fused-ring (bicyclic) bond motifs is 2. The van der Waals surface area contributed by atoms with Crippen LogP contribution in [0.5, 0.6) is 11.5 Å². The van der Waals surface area contributed by atoms with Gasteiger partial charge in [0.05, 0.1) is 0 Å². The van der Waals surface area contributed by atoms with Crippen molar-refractivity contribution in [3.05, 3.63) is 157 Å². The third-order valence-electron chi connectivity index (χ3n) is 7.31. The number of para-hydroxylation sites is 1. The van der Waals surface area contributed by atoms with Crippen molar-refractivity contribution in [3.63, 3.8) is 0 Å². The third-order valence-corrected chi connectivity index (χ3v) is 7.31. The minimum Gasteiger partial charge on any atom is -0.457 e.